The summed E-state index contributed by atoms with van der Waals surface area (Å²) in [6, 6.07) is 1.60. The summed E-state index contributed by atoms with van der Waals surface area (Å²) >= 11 is 0. The number of carbonyl (C=O) groups is 1. The van der Waals surface area contributed by atoms with Crippen molar-refractivity contribution in [2.45, 2.75) is 6.92 Å². The van der Waals surface area contributed by atoms with Crippen LogP contribution in [0.4, 0.5) is 11.5 Å². The van der Waals surface area contributed by atoms with Gasteiger partial charge in [-0.25, -0.2) is 9.78 Å². The summed E-state index contributed by atoms with van der Waals surface area (Å²) in [7, 11) is 5.89. The molecule has 0 aliphatic rings. The normalized spacial score (nSPS) is 10.6. The Balaban J connectivity index is 2.95. The largest absolute Gasteiger partial charge is 0.462 e. The van der Waals surface area contributed by atoms with Crippen molar-refractivity contribution in [3.8, 4) is 0 Å². The minimum Gasteiger partial charge on any atom is -0.462 e. The third kappa shape index (κ3) is 4.40. The molecule has 1 aromatic rings. The van der Waals surface area contributed by atoms with E-state index in [0.29, 0.717) is 23.7 Å². The maximum atomic E-state index is 11.9. The number of anilines is 2. The van der Waals surface area contributed by atoms with Gasteiger partial charge in [0.2, 0.25) is 0 Å². The number of esters is 1. The molecule has 0 bridgehead atoms. The van der Waals surface area contributed by atoms with Gasteiger partial charge in [0.1, 0.15) is 11.4 Å². The van der Waals surface area contributed by atoms with E-state index in [-0.39, 0.29) is 0 Å². The topological polar surface area (TPSA) is 71.7 Å². The lowest BCUT2D eigenvalue weighted by molar-refractivity contribution is 0.0526. The van der Waals surface area contributed by atoms with E-state index in [1.807, 2.05) is 26.0 Å². The summed E-state index contributed by atoms with van der Waals surface area (Å²) in [5, 5.41) is 0. The summed E-state index contributed by atoms with van der Waals surface area (Å²) in [6.07, 6.45) is 1.55. The Morgan fingerprint density at radius 3 is 2.63 bits per heavy atom. The maximum Gasteiger partial charge on any atom is 0.341 e. The van der Waals surface area contributed by atoms with Crippen LogP contribution in [-0.4, -0.2) is 56.7 Å². The molecule has 0 saturated carbocycles. The predicted octanol–water partition coefficient (Wildman–Crippen LogP) is 0.838. The Morgan fingerprint density at radius 2 is 2.05 bits per heavy atom. The fourth-order valence-corrected chi connectivity index (χ4v) is 1.59. The summed E-state index contributed by atoms with van der Waals surface area (Å²) < 4.78 is 5.03. The average molecular weight is 266 g/mol. The van der Waals surface area contributed by atoms with Gasteiger partial charge >= 0.3 is 5.97 Å². The Kier molecular flexibility index (Phi) is 5.57. The Hall–Kier alpha value is -1.82. The first kappa shape index (κ1) is 15.2. The Bertz CT molecular complexity index is 435. The van der Waals surface area contributed by atoms with Crippen LogP contribution in [0.2, 0.25) is 0 Å². The molecule has 0 aromatic carbocycles. The van der Waals surface area contributed by atoms with E-state index >= 15 is 0 Å². The van der Waals surface area contributed by atoms with Crippen LogP contribution < -0.4 is 10.6 Å². The minimum atomic E-state index is -0.394. The molecule has 0 spiro atoms. The number of ether oxygens (including phenoxy) is 1. The highest BCUT2D eigenvalue weighted by Gasteiger charge is 2.17. The first-order valence-electron chi connectivity index (χ1n) is 6.24. The zero-order valence-electron chi connectivity index (χ0n) is 12.0. The smallest absolute Gasteiger partial charge is 0.341 e. The molecule has 6 nitrogen and oxygen atoms in total. The summed E-state index contributed by atoms with van der Waals surface area (Å²) in [6.45, 7) is 3.72. The van der Waals surface area contributed by atoms with Crippen LogP contribution in [0, 0.1) is 0 Å². The van der Waals surface area contributed by atoms with Crippen molar-refractivity contribution in [2.24, 2.45) is 0 Å². The van der Waals surface area contributed by atoms with Gasteiger partial charge in [0, 0.05) is 20.1 Å². The van der Waals surface area contributed by atoms with Crippen molar-refractivity contribution in [3.05, 3.63) is 17.8 Å². The zero-order valence-corrected chi connectivity index (χ0v) is 12.0. The summed E-state index contributed by atoms with van der Waals surface area (Å²) in [5.41, 5.74) is 6.54. The number of likely N-dealkylation sites (N-methyl/N-ethyl adjacent to an activating group) is 2. The van der Waals surface area contributed by atoms with E-state index in [1.54, 1.807) is 19.2 Å². The van der Waals surface area contributed by atoms with Gasteiger partial charge in [-0.15, -0.1) is 0 Å². The third-order valence-electron chi connectivity index (χ3n) is 2.63. The second-order valence-electron chi connectivity index (χ2n) is 4.59. The Morgan fingerprint density at radius 1 is 1.37 bits per heavy atom. The first-order chi connectivity index (χ1) is 8.95. The molecule has 0 unspecified atom stereocenters. The summed E-state index contributed by atoms with van der Waals surface area (Å²) in [4.78, 5) is 20.1. The molecule has 0 aliphatic carbocycles. The summed E-state index contributed by atoms with van der Waals surface area (Å²) in [5.74, 6) is 0.198. The van der Waals surface area contributed by atoms with Crippen LogP contribution in [0.3, 0.4) is 0 Å². The number of hydrogen-bond donors (Lipinski definition) is 1. The van der Waals surface area contributed by atoms with Crippen LogP contribution in [-0.2, 0) is 4.74 Å². The highest BCUT2D eigenvalue weighted by Crippen LogP contribution is 2.19. The van der Waals surface area contributed by atoms with E-state index in [1.165, 1.54) is 0 Å². The molecule has 6 heteroatoms. The quantitative estimate of drug-likeness (QED) is 0.769. The molecular formula is C13H22N4O2. The lowest BCUT2D eigenvalue weighted by Crippen LogP contribution is -2.30. The molecule has 0 radical (unpaired) electrons. The monoisotopic (exact) mass is 266 g/mol. The van der Waals surface area contributed by atoms with Crippen LogP contribution >= 0.6 is 0 Å². The number of pyridine rings is 1. The van der Waals surface area contributed by atoms with Gasteiger partial charge in [-0.05, 0) is 27.1 Å². The van der Waals surface area contributed by atoms with Gasteiger partial charge in [-0.2, -0.15) is 0 Å². The molecule has 0 amide bonds. The highest BCUT2D eigenvalue weighted by molar-refractivity contribution is 5.95. The van der Waals surface area contributed by atoms with E-state index in [2.05, 4.69) is 9.88 Å². The van der Waals surface area contributed by atoms with E-state index in [4.69, 9.17) is 10.5 Å². The number of nitrogens with two attached hydrogens (primary N) is 1. The SMILES string of the molecule is CCOC(=O)c1cc(N)cnc1N(C)CCN(C)C. The number of aromatic nitrogens is 1. The number of carbonyl (C=O) groups excluding carboxylic acids is 1. The van der Waals surface area contributed by atoms with Crippen molar-refractivity contribution in [3.63, 3.8) is 0 Å². The second kappa shape index (κ2) is 6.94. The van der Waals surface area contributed by atoms with Gasteiger partial charge in [0.05, 0.1) is 18.5 Å². The van der Waals surface area contributed by atoms with Gasteiger partial charge in [-0.1, -0.05) is 0 Å². The van der Waals surface area contributed by atoms with Crippen molar-refractivity contribution in [1.82, 2.24) is 9.88 Å². The molecule has 106 valence electrons. The van der Waals surface area contributed by atoms with Crippen molar-refractivity contribution < 1.29 is 9.53 Å². The lowest BCUT2D eigenvalue weighted by atomic mass is 10.2. The molecule has 0 fully saturated rings. The standard InChI is InChI=1S/C13H22N4O2/c1-5-19-13(18)11-8-10(14)9-15-12(11)17(4)7-6-16(2)3/h8-9H,5-7,14H2,1-4H3. The number of hydrogen-bond acceptors (Lipinski definition) is 6. The molecule has 1 heterocycles. The molecule has 2 N–H and O–H groups in total. The van der Waals surface area contributed by atoms with Gasteiger partial charge < -0.3 is 20.3 Å². The molecule has 1 aromatic heterocycles. The molecule has 0 aliphatic heterocycles. The first-order valence-corrected chi connectivity index (χ1v) is 6.24. The van der Waals surface area contributed by atoms with Crippen molar-refractivity contribution in [2.75, 3.05) is 51.5 Å². The Labute approximate surface area is 114 Å². The molecular weight excluding hydrogens is 244 g/mol. The number of nitrogen functional groups attached to an aromatic ring is 1. The van der Waals surface area contributed by atoms with E-state index in [9.17, 15) is 4.79 Å². The van der Waals surface area contributed by atoms with E-state index < -0.39 is 5.97 Å². The highest BCUT2D eigenvalue weighted by atomic mass is 16.5. The van der Waals surface area contributed by atoms with Crippen LogP contribution in [0.25, 0.3) is 0 Å². The molecule has 1 rings (SSSR count). The minimum absolute atomic E-state index is 0.328. The van der Waals surface area contributed by atoms with Crippen LogP contribution in [0.1, 0.15) is 17.3 Å². The molecule has 0 saturated heterocycles. The van der Waals surface area contributed by atoms with Crippen LogP contribution in [0.5, 0.6) is 0 Å². The predicted molar refractivity (Wildman–Crippen MR) is 76.4 cm³/mol. The zero-order chi connectivity index (χ0) is 14.4. The maximum absolute atomic E-state index is 11.9. The van der Waals surface area contributed by atoms with Crippen molar-refractivity contribution in [1.29, 1.82) is 0 Å². The van der Waals surface area contributed by atoms with Crippen LogP contribution in [0.15, 0.2) is 12.3 Å². The van der Waals surface area contributed by atoms with E-state index in [0.717, 1.165) is 13.1 Å². The van der Waals surface area contributed by atoms with Gasteiger partial charge in [0.25, 0.3) is 0 Å². The van der Waals surface area contributed by atoms with Gasteiger partial charge in [0.15, 0.2) is 0 Å². The third-order valence-corrected chi connectivity index (χ3v) is 2.63. The lowest BCUT2D eigenvalue weighted by Gasteiger charge is -2.22. The number of nitrogens with zero attached hydrogens (tertiary/aromatic N) is 3. The number of rotatable bonds is 6. The second-order valence-corrected chi connectivity index (χ2v) is 4.59. The van der Waals surface area contributed by atoms with Crippen molar-refractivity contribution >= 4 is 17.5 Å². The molecule has 19 heavy (non-hydrogen) atoms. The average Bonchev–Trinajstić information content (AvgIpc) is 2.36. The fourth-order valence-electron chi connectivity index (χ4n) is 1.59. The van der Waals surface area contributed by atoms with Gasteiger partial charge in [-0.3, -0.25) is 0 Å². The molecule has 0 atom stereocenters. The fraction of sp³-hybridized carbons (Fsp3) is 0.538.